The number of anilines is 3. The van der Waals surface area contributed by atoms with E-state index in [1.807, 2.05) is 30.3 Å². The fraction of sp³-hybridized carbons (Fsp3) is 0.333. The van der Waals surface area contributed by atoms with Gasteiger partial charge >= 0.3 is 0 Å². The van der Waals surface area contributed by atoms with Gasteiger partial charge in [-0.3, -0.25) is 0 Å². The van der Waals surface area contributed by atoms with Crippen molar-refractivity contribution in [2.45, 2.75) is 25.7 Å². The third-order valence-corrected chi connectivity index (χ3v) is 3.63. The van der Waals surface area contributed by atoms with Gasteiger partial charge in [-0.2, -0.15) is 0 Å². The molecule has 0 bridgehead atoms. The highest BCUT2D eigenvalue weighted by molar-refractivity contribution is 9.10. The molecule has 104 valence electrons. The monoisotopic (exact) mass is 332 g/mol. The number of halogens is 1. The van der Waals surface area contributed by atoms with Crippen molar-refractivity contribution < 1.29 is 0 Å². The largest absolute Gasteiger partial charge is 0.370 e. The average molecular weight is 333 g/mol. The van der Waals surface area contributed by atoms with Crippen LogP contribution >= 0.6 is 15.9 Å². The van der Waals surface area contributed by atoms with Crippen molar-refractivity contribution in [2.75, 3.05) is 17.2 Å². The lowest BCUT2D eigenvalue weighted by Crippen LogP contribution is -2.05. The molecule has 0 unspecified atom stereocenters. The number of nitrogens with zero attached hydrogens (tertiary/aromatic N) is 2. The van der Waals surface area contributed by atoms with Crippen molar-refractivity contribution in [3.05, 3.63) is 40.6 Å². The van der Waals surface area contributed by atoms with Gasteiger partial charge in [-0.15, -0.1) is 0 Å². The maximum Gasteiger partial charge on any atom is 0.136 e. The van der Waals surface area contributed by atoms with Gasteiger partial charge in [0, 0.05) is 28.7 Å². The van der Waals surface area contributed by atoms with E-state index in [-0.39, 0.29) is 0 Å². The zero-order valence-electron chi connectivity index (χ0n) is 11.4. The molecule has 1 aromatic heterocycles. The van der Waals surface area contributed by atoms with Gasteiger partial charge in [-0.05, 0) is 38.0 Å². The van der Waals surface area contributed by atoms with Crippen LogP contribution in [0.15, 0.2) is 34.8 Å². The van der Waals surface area contributed by atoms with Crippen LogP contribution in [0.4, 0.5) is 17.3 Å². The Hall–Kier alpha value is -1.62. The summed E-state index contributed by atoms with van der Waals surface area (Å²) in [5, 5.41) is 6.61. The van der Waals surface area contributed by atoms with Gasteiger partial charge in [0.15, 0.2) is 0 Å². The second-order valence-electron chi connectivity index (χ2n) is 4.94. The molecule has 0 radical (unpaired) electrons. The van der Waals surface area contributed by atoms with Crippen LogP contribution in [0.1, 0.15) is 31.5 Å². The highest BCUT2D eigenvalue weighted by atomic mass is 79.9. The molecule has 0 amide bonds. The first-order valence-electron chi connectivity index (χ1n) is 6.90. The number of hydrogen-bond donors (Lipinski definition) is 2. The first-order valence-corrected chi connectivity index (χ1v) is 7.69. The minimum Gasteiger partial charge on any atom is -0.370 e. The Labute approximate surface area is 127 Å². The number of benzene rings is 1. The molecule has 2 aromatic rings. The second kappa shape index (κ2) is 5.79. The lowest BCUT2D eigenvalue weighted by atomic mass is 10.3. The van der Waals surface area contributed by atoms with Crippen molar-refractivity contribution in [1.82, 2.24) is 9.97 Å². The minimum atomic E-state index is 0.539. The zero-order valence-corrected chi connectivity index (χ0v) is 12.9. The summed E-state index contributed by atoms with van der Waals surface area (Å²) in [6.45, 7) is 2.93. The molecule has 2 N–H and O–H groups in total. The molecular weight excluding hydrogens is 316 g/mol. The highest BCUT2D eigenvalue weighted by Crippen LogP contribution is 2.39. The summed E-state index contributed by atoms with van der Waals surface area (Å²) in [6, 6.07) is 10.0. The molecule has 1 heterocycles. The summed E-state index contributed by atoms with van der Waals surface area (Å²) in [5.74, 6) is 3.22. The molecule has 4 nitrogen and oxygen atoms in total. The smallest absolute Gasteiger partial charge is 0.136 e. The van der Waals surface area contributed by atoms with E-state index >= 15 is 0 Å². The molecule has 1 aliphatic carbocycles. The highest BCUT2D eigenvalue weighted by Gasteiger charge is 2.27. The summed E-state index contributed by atoms with van der Waals surface area (Å²) >= 11 is 3.48. The van der Waals surface area contributed by atoms with Crippen molar-refractivity contribution in [1.29, 1.82) is 0 Å². The second-order valence-corrected chi connectivity index (χ2v) is 5.85. The zero-order chi connectivity index (χ0) is 13.9. The van der Waals surface area contributed by atoms with Crippen molar-refractivity contribution in [2.24, 2.45) is 0 Å². The number of rotatable bonds is 5. The van der Waals surface area contributed by atoms with Crippen LogP contribution in [-0.4, -0.2) is 16.5 Å². The van der Waals surface area contributed by atoms with Gasteiger partial charge in [0.1, 0.15) is 17.5 Å². The average Bonchev–Trinajstić information content (AvgIpc) is 3.23. The Balaban J connectivity index is 1.87. The van der Waals surface area contributed by atoms with Crippen molar-refractivity contribution >= 4 is 33.3 Å². The SMILES string of the molecule is CCNc1cc(Nc2cccc(Br)c2)nc(C2CC2)n1. The van der Waals surface area contributed by atoms with E-state index in [0.717, 1.165) is 34.2 Å². The van der Waals surface area contributed by atoms with Gasteiger partial charge in [0.05, 0.1) is 0 Å². The summed E-state index contributed by atoms with van der Waals surface area (Å²) in [6.07, 6.45) is 2.40. The normalized spacial score (nSPS) is 14.1. The molecule has 1 aromatic carbocycles. The van der Waals surface area contributed by atoms with E-state index in [4.69, 9.17) is 0 Å². The molecule has 0 atom stereocenters. The van der Waals surface area contributed by atoms with E-state index in [1.54, 1.807) is 0 Å². The third kappa shape index (κ3) is 3.28. The molecule has 5 heteroatoms. The van der Waals surface area contributed by atoms with Crippen LogP contribution in [-0.2, 0) is 0 Å². The Morgan fingerprint density at radius 2 is 2.00 bits per heavy atom. The Bertz CT molecular complexity index is 611. The van der Waals surface area contributed by atoms with E-state index in [1.165, 1.54) is 12.8 Å². The van der Waals surface area contributed by atoms with Gasteiger partial charge in [0.25, 0.3) is 0 Å². The standard InChI is InChI=1S/C15H17BrN4/c1-2-17-13-9-14(20-15(19-13)10-6-7-10)18-12-5-3-4-11(16)8-12/h3-5,8-10H,2,6-7H2,1H3,(H2,17,18,19,20). The topological polar surface area (TPSA) is 49.8 Å². The Kier molecular flexibility index (Phi) is 3.87. The van der Waals surface area contributed by atoms with Crippen molar-refractivity contribution in [3.63, 3.8) is 0 Å². The molecule has 0 spiro atoms. The first-order chi connectivity index (χ1) is 9.74. The lowest BCUT2D eigenvalue weighted by Gasteiger charge is -2.10. The van der Waals surface area contributed by atoms with E-state index in [9.17, 15) is 0 Å². The summed E-state index contributed by atoms with van der Waals surface area (Å²) in [7, 11) is 0. The number of nitrogens with one attached hydrogen (secondary N) is 2. The quantitative estimate of drug-likeness (QED) is 0.857. The van der Waals surface area contributed by atoms with Gasteiger partial charge in [-0.1, -0.05) is 22.0 Å². The molecule has 0 saturated heterocycles. The van der Waals surface area contributed by atoms with E-state index in [0.29, 0.717) is 5.92 Å². The molecule has 0 aliphatic heterocycles. The van der Waals surface area contributed by atoms with Crippen LogP contribution < -0.4 is 10.6 Å². The molecule has 20 heavy (non-hydrogen) atoms. The number of hydrogen-bond acceptors (Lipinski definition) is 4. The minimum absolute atomic E-state index is 0.539. The Morgan fingerprint density at radius 3 is 2.70 bits per heavy atom. The molecule has 1 saturated carbocycles. The Morgan fingerprint density at radius 1 is 1.20 bits per heavy atom. The van der Waals surface area contributed by atoms with E-state index in [2.05, 4.69) is 43.5 Å². The van der Waals surface area contributed by atoms with Crippen LogP contribution in [0.25, 0.3) is 0 Å². The number of aromatic nitrogens is 2. The van der Waals surface area contributed by atoms with Crippen LogP contribution in [0.3, 0.4) is 0 Å². The maximum absolute atomic E-state index is 4.63. The molecule has 1 fully saturated rings. The molecule has 3 rings (SSSR count). The fourth-order valence-corrected chi connectivity index (χ4v) is 2.44. The van der Waals surface area contributed by atoms with E-state index < -0.39 is 0 Å². The summed E-state index contributed by atoms with van der Waals surface area (Å²) in [4.78, 5) is 9.20. The summed E-state index contributed by atoms with van der Waals surface area (Å²) in [5.41, 5.74) is 1.02. The third-order valence-electron chi connectivity index (χ3n) is 3.14. The molecule has 1 aliphatic rings. The maximum atomic E-state index is 4.63. The first kappa shape index (κ1) is 13.4. The predicted molar refractivity (Wildman–Crippen MR) is 85.6 cm³/mol. The van der Waals surface area contributed by atoms with Gasteiger partial charge in [-0.25, -0.2) is 9.97 Å². The molecular formula is C15H17BrN4. The van der Waals surface area contributed by atoms with Crippen LogP contribution in [0.2, 0.25) is 0 Å². The van der Waals surface area contributed by atoms with Gasteiger partial charge < -0.3 is 10.6 Å². The van der Waals surface area contributed by atoms with Crippen LogP contribution in [0.5, 0.6) is 0 Å². The van der Waals surface area contributed by atoms with Crippen molar-refractivity contribution in [3.8, 4) is 0 Å². The predicted octanol–water partition coefficient (Wildman–Crippen LogP) is 4.29. The van der Waals surface area contributed by atoms with Gasteiger partial charge in [0.2, 0.25) is 0 Å². The summed E-state index contributed by atoms with van der Waals surface area (Å²) < 4.78 is 1.05. The fourth-order valence-electron chi connectivity index (χ4n) is 2.04. The van der Waals surface area contributed by atoms with Crippen LogP contribution in [0, 0.1) is 0 Å². The lowest BCUT2D eigenvalue weighted by molar-refractivity contribution is 0.927.